The molecule has 0 saturated heterocycles. The topological polar surface area (TPSA) is 45.7 Å². The summed E-state index contributed by atoms with van der Waals surface area (Å²) < 4.78 is 42.4. The van der Waals surface area contributed by atoms with Crippen LogP contribution in [-0.4, -0.2) is 12.1 Å². The van der Waals surface area contributed by atoms with Crippen molar-refractivity contribution in [1.29, 1.82) is 0 Å². The fourth-order valence-corrected chi connectivity index (χ4v) is 2.57. The highest BCUT2D eigenvalue weighted by molar-refractivity contribution is 5.82. The van der Waals surface area contributed by atoms with Gasteiger partial charge in [-0.05, 0) is 31.0 Å². The molecule has 0 fully saturated rings. The third-order valence-electron chi connectivity index (χ3n) is 3.90. The van der Waals surface area contributed by atoms with Crippen molar-refractivity contribution in [3.05, 3.63) is 64.7 Å². The van der Waals surface area contributed by atoms with E-state index in [1.54, 1.807) is 12.1 Å². The van der Waals surface area contributed by atoms with Gasteiger partial charge < -0.3 is 10.1 Å². The van der Waals surface area contributed by atoms with Crippen molar-refractivity contribution < 1.29 is 17.9 Å². The summed E-state index contributed by atoms with van der Waals surface area (Å²) in [4.78, 5) is 0. The molecule has 2 N–H and O–H groups in total. The third-order valence-corrected chi connectivity index (χ3v) is 3.90. The van der Waals surface area contributed by atoms with Crippen LogP contribution in [0.4, 0.5) is 18.9 Å². The molecule has 132 valence electrons. The number of benzene rings is 2. The van der Waals surface area contributed by atoms with Gasteiger partial charge in [0.1, 0.15) is 0 Å². The SMILES string of the molecule is Cc1ccc(NCc2ccc(C3NN=C(C(F)(F)F)O3)cc2)c(C)c1. The van der Waals surface area contributed by atoms with Gasteiger partial charge in [0.15, 0.2) is 0 Å². The van der Waals surface area contributed by atoms with Crippen LogP contribution < -0.4 is 10.7 Å². The highest BCUT2D eigenvalue weighted by Crippen LogP contribution is 2.27. The number of hydrazone groups is 1. The molecule has 7 heteroatoms. The summed E-state index contributed by atoms with van der Waals surface area (Å²) in [6.45, 7) is 4.70. The molecule has 1 unspecified atom stereocenters. The first-order valence-corrected chi connectivity index (χ1v) is 7.80. The average molecular weight is 349 g/mol. The number of ether oxygens (including phenoxy) is 1. The van der Waals surface area contributed by atoms with Crippen LogP contribution in [0.15, 0.2) is 47.6 Å². The number of hydrogen-bond donors (Lipinski definition) is 2. The van der Waals surface area contributed by atoms with Crippen molar-refractivity contribution in [2.45, 2.75) is 32.8 Å². The smallest absolute Gasteiger partial charge is 0.443 e. The minimum Gasteiger partial charge on any atom is -0.443 e. The van der Waals surface area contributed by atoms with E-state index in [4.69, 9.17) is 4.74 Å². The van der Waals surface area contributed by atoms with Gasteiger partial charge in [0.05, 0.1) is 0 Å². The Kier molecular flexibility index (Phi) is 4.57. The van der Waals surface area contributed by atoms with Crippen molar-refractivity contribution in [2.24, 2.45) is 5.10 Å². The average Bonchev–Trinajstić information content (AvgIpc) is 3.05. The lowest BCUT2D eigenvalue weighted by Gasteiger charge is -2.14. The van der Waals surface area contributed by atoms with Crippen molar-refractivity contribution in [3.8, 4) is 0 Å². The Balaban J connectivity index is 1.60. The first kappa shape index (κ1) is 17.1. The van der Waals surface area contributed by atoms with Gasteiger partial charge in [0.25, 0.3) is 0 Å². The lowest BCUT2D eigenvalue weighted by atomic mass is 10.1. The maximum atomic E-state index is 12.5. The summed E-state index contributed by atoms with van der Waals surface area (Å²) in [5.41, 5.74) is 7.37. The first-order valence-electron chi connectivity index (χ1n) is 7.80. The van der Waals surface area contributed by atoms with Crippen LogP contribution >= 0.6 is 0 Å². The molecule has 2 aromatic carbocycles. The summed E-state index contributed by atoms with van der Waals surface area (Å²) in [6.07, 6.45) is -5.50. The Hall–Kier alpha value is -2.70. The predicted molar refractivity (Wildman–Crippen MR) is 90.1 cm³/mol. The van der Waals surface area contributed by atoms with Crippen LogP contribution in [0, 0.1) is 13.8 Å². The second kappa shape index (κ2) is 6.66. The molecule has 1 atom stereocenters. The molecular weight excluding hydrogens is 331 g/mol. The highest BCUT2D eigenvalue weighted by atomic mass is 19.4. The Bertz CT molecular complexity index is 785. The molecule has 4 nitrogen and oxygen atoms in total. The number of rotatable bonds is 4. The number of halogens is 3. The largest absolute Gasteiger partial charge is 0.470 e. The maximum Gasteiger partial charge on any atom is 0.470 e. The molecule has 0 bridgehead atoms. The third kappa shape index (κ3) is 4.04. The number of anilines is 1. The zero-order valence-electron chi connectivity index (χ0n) is 13.8. The van der Waals surface area contributed by atoms with Gasteiger partial charge >= 0.3 is 12.1 Å². The van der Waals surface area contributed by atoms with Gasteiger partial charge in [-0.15, -0.1) is 5.10 Å². The molecule has 0 aliphatic carbocycles. The Morgan fingerprint density at radius 2 is 1.84 bits per heavy atom. The van der Waals surface area contributed by atoms with Crippen LogP contribution in [0.1, 0.15) is 28.5 Å². The normalized spacial score (nSPS) is 16.8. The van der Waals surface area contributed by atoms with E-state index in [0.29, 0.717) is 12.1 Å². The maximum absolute atomic E-state index is 12.5. The van der Waals surface area contributed by atoms with Gasteiger partial charge in [-0.1, -0.05) is 42.0 Å². The fourth-order valence-electron chi connectivity index (χ4n) is 2.57. The van der Waals surface area contributed by atoms with Crippen molar-refractivity contribution in [3.63, 3.8) is 0 Å². The molecule has 0 spiro atoms. The van der Waals surface area contributed by atoms with E-state index in [-0.39, 0.29) is 0 Å². The molecule has 1 aliphatic rings. The molecule has 25 heavy (non-hydrogen) atoms. The molecule has 3 rings (SSSR count). The summed E-state index contributed by atoms with van der Waals surface area (Å²) in [5.74, 6) is -1.25. The standard InChI is InChI=1S/C18H18F3N3O/c1-11-3-8-15(12(2)9-11)22-10-13-4-6-14(7-5-13)16-23-24-17(25-16)18(19,20)21/h3-9,16,22-23H,10H2,1-2H3. The van der Waals surface area contributed by atoms with Crippen LogP contribution in [0.2, 0.25) is 0 Å². The zero-order valence-corrected chi connectivity index (χ0v) is 13.8. The number of nitrogens with zero attached hydrogens (tertiary/aromatic N) is 1. The number of hydrogen-bond acceptors (Lipinski definition) is 4. The summed E-state index contributed by atoms with van der Waals surface area (Å²) in [5, 5.41) is 6.54. The predicted octanol–water partition coefficient (Wildman–Crippen LogP) is 4.41. The van der Waals surface area contributed by atoms with Gasteiger partial charge in [0, 0.05) is 17.8 Å². The number of aryl methyl sites for hydroxylation is 2. The molecule has 1 heterocycles. The zero-order chi connectivity index (χ0) is 18.0. The summed E-state index contributed by atoms with van der Waals surface area (Å²) >= 11 is 0. The minimum absolute atomic E-state index is 0.582. The Labute approximate surface area is 143 Å². The van der Waals surface area contributed by atoms with E-state index in [1.165, 1.54) is 5.56 Å². The Morgan fingerprint density at radius 3 is 2.44 bits per heavy atom. The monoisotopic (exact) mass is 349 g/mol. The van der Waals surface area contributed by atoms with Crippen LogP contribution in [0.3, 0.4) is 0 Å². The second-order valence-electron chi connectivity index (χ2n) is 5.96. The quantitative estimate of drug-likeness (QED) is 0.859. The molecule has 0 saturated carbocycles. The van der Waals surface area contributed by atoms with Crippen LogP contribution in [-0.2, 0) is 11.3 Å². The van der Waals surface area contributed by atoms with Gasteiger partial charge in [-0.25, -0.2) is 0 Å². The number of alkyl halides is 3. The summed E-state index contributed by atoms with van der Waals surface area (Å²) in [6, 6.07) is 13.3. The molecule has 0 amide bonds. The molecule has 0 aromatic heterocycles. The van der Waals surface area contributed by atoms with Crippen molar-refractivity contribution >= 4 is 11.6 Å². The van der Waals surface area contributed by atoms with E-state index in [2.05, 4.69) is 21.9 Å². The summed E-state index contributed by atoms with van der Waals surface area (Å²) in [7, 11) is 0. The molecular formula is C18H18F3N3O. The van der Waals surface area contributed by atoms with Crippen molar-refractivity contribution in [1.82, 2.24) is 5.43 Å². The second-order valence-corrected chi connectivity index (χ2v) is 5.96. The lowest BCUT2D eigenvalue weighted by Crippen LogP contribution is -2.23. The lowest BCUT2D eigenvalue weighted by molar-refractivity contribution is -0.0796. The minimum atomic E-state index is -4.59. The van der Waals surface area contributed by atoms with E-state index >= 15 is 0 Å². The molecule has 1 aliphatic heterocycles. The number of nitrogens with one attached hydrogen (secondary N) is 2. The first-order chi connectivity index (χ1) is 11.8. The van der Waals surface area contributed by atoms with E-state index in [1.807, 2.05) is 38.1 Å². The van der Waals surface area contributed by atoms with E-state index in [9.17, 15) is 13.2 Å². The fraction of sp³-hybridized carbons (Fsp3) is 0.278. The molecule has 2 aromatic rings. The van der Waals surface area contributed by atoms with E-state index < -0.39 is 18.3 Å². The highest BCUT2D eigenvalue weighted by Gasteiger charge is 2.43. The van der Waals surface area contributed by atoms with Crippen LogP contribution in [0.5, 0.6) is 0 Å². The molecule has 0 radical (unpaired) electrons. The van der Waals surface area contributed by atoms with Gasteiger partial charge in [-0.2, -0.15) is 13.2 Å². The van der Waals surface area contributed by atoms with Gasteiger partial charge in [-0.3, -0.25) is 5.43 Å². The van der Waals surface area contributed by atoms with E-state index in [0.717, 1.165) is 16.8 Å². The van der Waals surface area contributed by atoms with Crippen LogP contribution in [0.25, 0.3) is 0 Å². The Morgan fingerprint density at radius 1 is 1.12 bits per heavy atom. The van der Waals surface area contributed by atoms with Crippen molar-refractivity contribution in [2.75, 3.05) is 5.32 Å². The van der Waals surface area contributed by atoms with Gasteiger partial charge in [0.2, 0.25) is 6.23 Å².